The van der Waals surface area contributed by atoms with E-state index >= 15 is 0 Å². The Balaban J connectivity index is 1.78. The Morgan fingerprint density at radius 3 is 2.68 bits per heavy atom. The van der Waals surface area contributed by atoms with Gasteiger partial charge < -0.3 is 15.2 Å². The van der Waals surface area contributed by atoms with Crippen LogP contribution >= 0.6 is 0 Å². The molecule has 19 heavy (non-hydrogen) atoms. The van der Waals surface area contributed by atoms with E-state index in [1.54, 1.807) is 6.92 Å². The molecule has 0 saturated heterocycles. The number of nitriles is 1. The average molecular weight is 260 g/mol. The van der Waals surface area contributed by atoms with Gasteiger partial charge in [-0.2, -0.15) is 5.26 Å². The number of aliphatic hydroxyl groups is 1. The highest BCUT2D eigenvalue weighted by Crippen LogP contribution is 2.20. The molecule has 1 saturated carbocycles. The van der Waals surface area contributed by atoms with Crippen molar-refractivity contribution >= 4 is 0 Å². The molecular weight excluding hydrogens is 240 g/mol. The SMILES string of the molecule is CC(O)(CNC1CC1)COc1ccc(CC#N)cc1. The highest BCUT2D eigenvalue weighted by molar-refractivity contribution is 5.28. The van der Waals surface area contributed by atoms with Gasteiger partial charge in [-0.3, -0.25) is 0 Å². The summed E-state index contributed by atoms with van der Waals surface area (Å²) >= 11 is 0. The lowest BCUT2D eigenvalue weighted by molar-refractivity contribution is 0.0120. The first-order chi connectivity index (χ1) is 9.09. The third-order valence-corrected chi connectivity index (χ3v) is 3.11. The Bertz CT molecular complexity index is 444. The van der Waals surface area contributed by atoms with Crippen LogP contribution in [0.4, 0.5) is 0 Å². The Kier molecular flexibility index (Phi) is 4.41. The number of ether oxygens (including phenoxy) is 1. The Hall–Kier alpha value is -1.57. The first-order valence-electron chi connectivity index (χ1n) is 6.63. The smallest absolute Gasteiger partial charge is 0.119 e. The molecule has 1 aromatic carbocycles. The molecule has 0 radical (unpaired) electrons. The standard InChI is InChI=1S/C15H20N2O2/c1-15(18,10-17-13-4-5-13)11-19-14-6-2-12(3-7-14)8-9-16/h2-3,6-7,13,17-18H,4-5,8,10-11H2,1H3. The van der Waals surface area contributed by atoms with E-state index in [-0.39, 0.29) is 6.61 Å². The minimum atomic E-state index is -0.867. The molecule has 1 unspecified atom stereocenters. The fourth-order valence-corrected chi connectivity index (χ4v) is 1.74. The van der Waals surface area contributed by atoms with Gasteiger partial charge in [0.15, 0.2) is 0 Å². The van der Waals surface area contributed by atoms with E-state index < -0.39 is 5.60 Å². The number of hydrogen-bond acceptors (Lipinski definition) is 4. The summed E-state index contributed by atoms with van der Waals surface area (Å²) in [7, 11) is 0. The van der Waals surface area contributed by atoms with Gasteiger partial charge in [0.1, 0.15) is 18.0 Å². The fraction of sp³-hybridized carbons (Fsp3) is 0.533. The summed E-state index contributed by atoms with van der Waals surface area (Å²) in [5.74, 6) is 0.716. The van der Waals surface area contributed by atoms with Crippen LogP contribution < -0.4 is 10.1 Å². The molecule has 1 fully saturated rings. The van der Waals surface area contributed by atoms with Crippen molar-refractivity contribution < 1.29 is 9.84 Å². The summed E-state index contributed by atoms with van der Waals surface area (Å²) < 4.78 is 5.58. The Morgan fingerprint density at radius 1 is 1.42 bits per heavy atom. The first kappa shape index (κ1) is 13.9. The van der Waals surface area contributed by atoms with Crippen LogP contribution in [0.3, 0.4) is 0 Å². The molecule has 1 aliphatic rings. The topological polar surface area (TPSA) is 65.3 Å². The van der Waals surface area contributed by atoms with E-state index in [0.717, 1.165) is 5.56 Å². The zero-order chi connectivity index (χ0) is 13.7. The second-order valence-electron chi connectivity index (χ2n) is 5.42. The van der Waals surface area contributed by atoms with Crippen molar-refractivity contribution in [1.82, 2.24) is 5.32 Å². The quantitative estimate of drug-likeness (QED) is 0.782. The number of nitrogens with zero attached hydrogens (tertiary/aromatic N) is 1. The summed E-state index contributed by atoms with van der Waals surface area (Å²) in [5, 5.41) is 22.0. The number of benzene rings is 1. The van der Waals surface area contributed by atoms with Crippen LogP contribution in [0.2, 0.25) is 0 Å². The maximum absolute atomic E-state index is 10.2. The van der Waals surface area contributed by atoms with Gasteiger partial charge in [-0.05, 0) is 37.5 Å². The van der Waals surface area contributed by atoms with E-state index in [1.807, 2.05) is 24.3 Å². The van der Waals surface area contributed by atoms with Crippen molar-refractivity contribution in [3.63, 3.8) is 0 Å². The minimum absolute atomic E-state index is 0.254. The van der Waals surface area contributed by atoms with E-state index in [4.69, 9.17) is 10.00 Å². The molecule has 1 atom stereocenters. The highest BCUT2D eigenvalue weighted by Gasteiger charge is 2.27. The summed E-state index contributed by atoms with van der Waals surface area (Å²) in [6.45, 7) is 2.57. The van der Waals surface area contributed by atoms with Crippen LogP contribution in [0.5, 0.6) is 5.75 Å². The van der Waals surface area contributed by atoms with Crippen molar-refractivity contribution in [2.45, 2.75) is 37.8 Å². The van der Waals surface area contributed by atoms with Crippen LogP contribution in [0.15, 0.2) is 24.3 Å². The predicted molar refractivity (Wildman–Crippen MR) is 72.9 cm³/mol. The summed E-state index contributed by atoms with van der Waals surface area (Å²) in [4.78, 5) is 0. The molecule has 4 nitrogen and oxygen atoms in total. The summed E-state index contributed by atoms with van der Waals surface area (Å²) in [6.07, 6.45) is 2.82. The van der Waals surface area contributed by atoms with E-state index in [9.17, 15) is 5.11 Å². The zero-order valence-corrected chi connectivity index (χ0v) is 11.2. The zero-order valence-electron chi connectivity index (χ0n) is 11.2. The third kappa shape index (κ3) is 4.90. The van der Waals surface area contributed by atoms with Gasteiger partial charge in [-0.15, -0.1) is 0 Å². The third-order valence-electron chi connectivity index (χ3n) is 3.11. The van der Waals surface area contributed by atoms with Crippen molar-refractivity contribution in [2.75, 3.05) is 13.2 Å². The monoisotopic (exact) mass is 260 g/mol. The minimum Gasteiger partial charge on any atom is -0.491 e. The van der Waals surface area contributed by atoms with Gasteiger partial charge in [-0.25, -0.2) is 0 Å². The van der Waals surface area contributed by atoms with Crippen molar-refractivity contribution in [3.05, 3.63) is 29.8 Å². The van der Waals surface area contributed by atoms with Crippen molar-refractivity contribution in [1.29, 1.82) is 5.26 Å². The van der Waals surface area contributed by atoms with Crippen LogP contribution in [0, 0.1) is 11.3 Å². The molecule has 0 aromatic heterocycles. The molecule has 2 N–H and O–H groups in total. The summed E-state index contributed by atoms with van der Waals surface area (Å²) in [6, 6.07) is 10.1. The molecule has 0 heterocycles. The van der Waals surface area contributed by atoms with Gasteiger partial charge >= 0.3 is 0 Å². The van der Waals surface area contributed by atoms with Crippen molar-refractivity contribution in [2.24, 2.45) is 0 Å². The maximum atomic E-state index is 10.2. The largest absolute Gasteiger partial charge is 0.491 e. The Morgan fingerprint density at radius 2 is 2.11 bits per heavy atom. The van der Waals surface area contributed by atoms with E-state index in [1.165, 1.54) is 12.8 Å². The maximum Gasteiger partial charge on any atom is 0.119 e. The second kappa shape index (κ2) is 6.05. The fourth-order valence-electron chi connectivity index (χ4n) is 1.74. The van der Waals surface area contributed by atoms with Gasteiger partial charge in [0.05, 0.1) is 12.5 Å². The van der Waals surface area contributed by atoms with Crippen LogP contribution in [0.1, 0.15) is 25.3 Å². The normalized spacial score (nSPS) is 17.5. The number of hydrogen-bond donors (Lipinski definition) is 2. The van der Waals surface area contributed by atoms with Crippen LogP contribution in [0.25, 0.3) is 0 Å². The lowest BCUT2D eigenvalue weighted by Gasteiger charge is -2.24. The molecule has 0 aliphatic heterocycles. The lowest BCUT2D eigenvalue weighted by atomic mass is 10.1. The summed E-state index contributed by atoms with van der Waals surface area (Å²) in [5.41, 5.74) is 0.102. The van der Waals surface area contributed by atoms with E-state index in [2.05, 4.69) is 11.4 Å². The second-order valence-corrected chi connectivity index (χ2v) is 5.42. The highest BCUT2D eigenvalue weighted by atomic mass is 16.5. The molecule has 4 heteroatoms. The molecule has 0 bridgehead atoms. The average Bonchev–Trinajstić information content (AvgIpc) is 3.20. The number of nitrogens with one attached hydrogen (secondary N) is 1. The first-order valence-corrected chi connectivity index (χ1v) is 6.63. The Labute approximate surface area is 114 Å². The molecule has 0 amide bonds. The molecule has 1 aliphatic carbocycles. The van der Waals surface area contributed by atoms with Crippen molar-refractivity contribution in [3.8, 4) is 11.8 Å². The molecule has 102 valence electrons. The molecule has 0 spiro atoms. The van der Waals surface area contributed by atoms with Gasteiger partial charge in [-0.1, -0.05) is 12.1 Å². The van der Waals surface area contributed by atoms with E-state index in [0.29, 0.717) is 24.8 Å². The predicted octanol–water partition coefficient (Wildman–Crippen LogP) is 1.63. The van der Waals surface area contributed by atoms with Gasteiger partial charge in [0.2, 0.25) is 0 Å². The molecule has 1 aromatic rings. The molecular formula is C15H20N2O2. The van der Waals surface area contributed by atoms with Gasteiger partial charge in [0, 0.05) is 12.6 Å². The van der Waals surface area contributed by atoms with Crippen LogP contribution in [-0.2, 0) is 6.42 Å². The molecule has 2 rings (SSSR count). The van der Waals surface area contributed by atoms with Crippen LogP contribution in [-0.4, -0.2) is 29.9 Å². The number of rotatable bonds is 7. The lowest BCUT2D eigenvalue weighted by Crippen LogP contribution is -2.43. The van der Waals surface area contributed by atoms with Gasteiger partial charge in [0.25, 0.3) is 0 Å².